The first-order valence-electron chi connectivity index (χ1n) is 8.15. The lowest BCUT2D eigenvalue weighted by molar-refractivity contribution is 0.171. The molecule has 1 aliphatic rings. The van der Waals surface area contributed by atoms with Gasteiger partial charge in [0.2, 0.25) is 0 Å². The second kappa shape index (κ2) is 7.53. The van der Waals surface area contributed by atoms with Crippen molar-refractivity contribution in [3.63, 3.8) is 0 Å². The molecule has 1 aliphatic heterocycles. The molecule has 2 aromatic rings. The Balaban J connectivity index is 1.61. The van der Waals surface area contributed by atoms with E-state index in [1.54, 1.807) is 0 Å². The van der Waals surface area contributed by atoms with Crippen molar-refractivity contribution in [3.05, 3.63) is 53.6 Å². The molecule has 0 atom stereocenters. The van der Waals surface area contributed by atoms with Crippen LogP contribution in [0, 0.1) is 0 Å². The van der Waals surface area contributed by atoms with Gasteiger partial charge in [0.1, 0.15) is 13.2 Å². The van der Waals surface area contributed by atoms with Crippen molar-refractivity contribution in [3.8, 4) is 11.5 Å². The van der Waals surface area contributed by atoms with Gasteiger partial charge in [-0.2, -0.15) is 0 Å². The van der Waals surface area contributed by atoms with E-state index in [9.17, 15) is 0 Å². The number of hydrogen-bond acceptors (Lipinski definition) is 3. The maximum atomic E-state index is 5.63. The molecule has 24 heavy (non-hydrogen) atoms. The van der Waals surface area contributed by atoms with Crippen LogP contribution in [-0.4, -0.2) is 30.3 Å². The fourth-order valence-corrected chi connectivity index (χ4v) is 2.76. The Morgan fingerprint density at radius 2 is 1.71 bits per heavy atom. The molecule has 1 heterocycles. The molecule has 0 unspecified atom stereocenters. The summed E-state index contributed by atoms with van der Waals surface area (Å²) in [4.78, 5) is 2.01. The van der Waals surface area contributed by atoms with E-state index in [2.05, 4.69) is 36.5 Å². The van der Waals surface area contributed by atoms with Crippen LogP contribution in [0.3, 0.4) is 0 Å². The molecule has 0 radical (unpaired) electrons. The minimum Gasteiger partial charge on any atom is -0.486 e. The first-order chi connectivity index (χ1) is 11.7. The van der Waals surface area contributed by atoms with Crippen LogP contribution in [0.15, 0.2) is 42.5 Å². The SMILES string of the molecule is CCc1ccc(NC(=S)N(C)Cc2ccc3c(c2)OCCO3)cc1. The maximum Gasteiger partial charge on any atom is 0.173 e. The minimum atomic E-state index is 0.597. The molecule has 2 aromatic carbocycles. The predicted molar refractivity (Wildman–Crippen MR) is 101 cm³/mol. The van der Waals surface area contributed by atoms with E-state index in [0.29, 0.717) is 24.9 Å². The summed E-state index contributed by atoms with van der Waals surface area (Å²) in [5.41, 5.74) is 3.45. The van der Waals surface area contributed by atoms with Gasteiger partial charge in [-0.05, 0) is 54.0 Å². The molecule has 0 aromatic heterocycles. The molecule has 0 aliphatic carbocycles. The van der Waals surface area contributed by atoms with Gasteiger partial charge < -0.3 is 19.7 Å². The molecule has 0 fully saturated rings. The third kappa shape index (κ3) is 3.97. The van der Waals surface area contributed by atoms with Gasteiger partial charge in [-0.25, -0.2) is 0 Å². The van der Waals surface area contributed by atoms with Crippen LogP contribution in [0.1, 0.15) is 18.1 Å². The average Bonchev–Trinajstić information content (AvgIpc) is 2.62. The van der Waals surface area contributed by atoms with Gasteiger partial charge in [-0.15, -0.1) is 0 Å². The van der Waals surface area contributed by atoms with Crippen LogP contribution in [0.4, 0.5) is 5.69 Å². The van der Waals surface area contributed by atoms with E-state index in [1.165, 1.54) is 5.56 Å². The van der Waals surface area contributed by atoms with Gasteiger partial charge in [-0.1, -0.05) is 25.1 Å². The highest BCUT2D eigenvalue weighted by atomic mass is 32.1. The summed E-state index contributed by atoms with van der Waals surface area (Å²) in [7, 11) is 1.98. The number of benzene rings is 2. The lowest BCUT2D eigenvalue weighted by Crippen LogP contribution is -2.30. The average molecular weight is 342 g/mol. The Morgan fingerprint density at radius 3 is 2.42 bits per heavy atom. The topological polar surface area (TPSA) is 33.7 Å². The number of anilines is 1. The second-order valence-electron chi connectivity index (χ2n) is 5.81. The first kappa shape index (κ1) is 16.6. The zero-order chi connectivity index (χ0) is 16.9. The Morgan fingerprint density at radius 1 is 1.04 bits per heavy atom. The molecule has 0 saturated heterocycles. The number of hydrogen-bond donors (Lipinski definition) is 1. The summed E-state index contributed by atoms with van der Waals surface area (Å²) in [5.74, 6) is 1.62. The number of thiocarbonyl (C=S) groups is 1. The summed E-state index contributed by atoms with van der Waals surface area (Å²) in [5, 5.41) is 3.97. The number of fused-ring (bicyclic) bond motifs is 1. The normalized spacial score (nSPS) is 12.6. The van der Waals surface area contributed by atoms with Crippen molar-refractivity contribution >= 4 is 23.0 Å². The van der Waals surface area contributed by atoms with Gasteiger partial charge in [0, 0.05) is 19.3 Å². The molecule has 4 nitrogen and oxygen atoms in total. The molecule has 1 N–H and O–H groups in total. The fraction of sp³-hybridized carbons (Fsp3) is 0.316. The molecule has 5 heteroatoms. The van der Waals surface area contributed by atoms with Gasteiger partial charge in [-0.3, -0.25) is 0 Å². The van der Waals surface area contributed by atoms with E-state index in [0.717, 1.165) is 29.2 Å². The standard InChI is InChI=1S/C19H22N2O2S/c1-3-14-4-7-16(8-5-14)20-19(24)21(2)13-15-6-9-17-18(12-15)23-11-10-22-17/h4-9,12H,3,10-11,13H2,1-2H3,(H,20,24). The Hall–Kier alpha value is -2.27. The zero-order valence-electron chi connectivity index (χ0n) is 14.0. The van der Waals surface area contributed by atoms with Gasteiger partial charge >= 0.3 is 0 Å². The zero-order valence-corrected chi connectivity index (χ0v) is 14.9. The quantitative estimate of drug-likeness (QED) is 0.854. The second-order valence-corrected chi connectivity index (χ2v) is 6.20. The molecule has 3 rings (SSSR count). The van der Waals surface area contributed by atoms with Crippen molar-refractivity contribution in [2.75, 3.05) is 25.6 Å². The van der Waals surface area contributed by atoms with Crippen molar-refractivity contribution in [2.45, 2.75) is 19.9 Å². The molecule has 0 saturated carbocycles. The van der Waals surface area contributed by atoms with E-state index in [4.69, 9.17) is 21.7 Å². The highest BCUT2D eigenvalue weighted by Gasteiger charge is 2.13. The van der Waals surface area contributed by atoms with Crippen molar-refractivity contribution in [1.82, 2.24) is 4.90 Å². The fourth-order valence-electron chi connectivity index (χ4n) is 2.57. The summed E-state index contributed by atoms with van der Waals surface area (Å²) in [6.07, 6.45) is 1.04. The molecule has 0 amide bonds. The van der Waals surface area contributed by atoms with Gasteiger partial charge in [0.05, 0.1) is 0 Å². The Kier molecular flexibility index (Phi) is 5.20. The highest BCUT2D eigenvalue weighted by molar-refractivity contribution is 7.80. The van der Waals surface area contributed by atoms with Crippen LogP contribution in [0.5, 0.6) is 11.5 Å². The van der Waals surface area contributed by atoms with E-state index >= 15 is 0 Å². The van der Waals surface area contributed by atoms with Crippen LogP contribution in [0.25, 0.3) is 0 Å². The van der Waals surface area contributed by atoms with Crippen LogP contribution in [-0.2, 0) is 13.0 Å². The summed E-state index contributed by atoms with van der Waals surface area (Å²) >= 11 is 5.50. The van der Waals surface area contributed by atoms with Gasteiger partial charge in [0.25, 0.3) is 0 Å². The number of rotatable bonds is 4. The highest BCUT2D eigenvalue weighted by Crippen LogP contribution is 2.31. The van der Waals surface area contributed by atoms with Crippen molar-refractivity contribution in [2.24, 2.45) is 0 Å². The van der Waals surface area contributed by atoms with E-state index in [-0.39, 0.29) is 0 Å². The molecular formula is C19H22N2O2S. The van der Waals surface area contributed by atoms with Gasteiger partial charge in [0.15, 0.2) is 16.6 Å². The van der Waals surface area contributed by atoms with Crippen LogP contribution < -0.4 is 14.8 Å². The minimum absolute atomic E-state index is 0.597. The number of nitrogens with one attached hydrogen (secondary N) is 1. The summed E-state index contributed by atoms with van der Waals surface area (Å²) in [6, 6.07) is 14.4. The Bertz CT molecular complexity index is 716. The number of aryl methyl sites for hydroxylation is 1. The number of ether oxygens (including phenoxy) is 2. The largest absolute Gasteiger partial charge is 0.486 e. The molecule has 0 spiro atoms. The smallest absolute Gasteiger partial charge is 0.173 e. The van der Waals surface area contributed by atoms with Crippen molar-refractivity contribution in [1.29, 1.82) is 0 Å². The maximum absolute atomic E-state index is 5.63. The summed E-state index contributed by atoms with van der Waals surface area (Å²) < 4.78 is 11.2. The lowest BCUT2D eigenvalue weighted by atomic mass is 10.1. The molecular weight excluding hydrogens is 320 g/mol. The molecule has 0 bridgehead atoms. The van der Waals surface area contributed by atoms with Crippen molar-refractivity contribution < 1.29 is 9.47 Å². The van der Waals surface area contributed by atoms with Crippen LogP contribution >= 0.6 is 12.2 Å². The monoisotopic (exact) mass is 342 g/mol. The molecule has 126 valence electrons. The lowest BCUT2D eigenvalue weighted by Gasteiger charge is -2.23. The van der Waals surface area contributed by atoms with E-state index in [1.807, 2.05) is 30.1 Å². The number of nitrogens with zero attached hydrogens (tertiary/aromatic N) is 1. The third-order valence-corrected chi connectivity index (χ3v) is 4.40. The van der Waals surface area contributed by atoms with Crippen LogP contribution in [0.2, 0.25) is 0 Å². The third-order valence-electron chi connectivity index (χ3n) is 3.99. The van der Waals surface area contributed by atoms with E-state index < -0.39 is 0 Å². The summed E-state index contributed by atoms with van der Waals surface area (Å²) in [6.45, 7) is 4.06. The Labute approximate surface area is 148 Å². The first-order valence-corrected chi connectivity index (χ1v) is 8.56. The predicted octanol–water partition coefficient (Wildman–Crippen LogP) is 3.85.